The maximum atomic E-state index is 11.5. The number of methoxy groups -OCH3 is 2. The van der Waals surface area contributed by atoms with Crippen molar-refractivity contribution >= 4 is 23.2 Å². The molecule has 0 fully saturated rings. The van der Waals surface area contributed by atoms with Crippen LogP contribution in [0.1, 0.15) is 6.92 Å². The van der Waals surface area contributed by atoms with Gasteiger partial charge in [0.25, 0.3) is 0 Å². The Hall–Kier alpha value is -0.880. The van der Waals surface area contributed by atoms with Crippen LogP contribution in [0.4, 0.5) is 5.69 Å². The number of allylic oxidation sites excluding steroid dienone is 1. The zero-order valence-electron chi connectivity index (χ0n) is 11.2. The number of hydrogen-bond donors (Lipinski definition) is 1. The predicted molar refractivity (Wildman–Crippen MR) is 66.9 cm³/mol. The average Bonchev–Trinajstić information content (AvgIpc) is 2.29. The zero-order valence-corrected chi connectivity index (χ0v) is 14.0. The van der Waals surface area contributed by atoms with Gasteiger partial charge in [0.2, 0.25) is 5.91 Å². The number of rotatable bonds is 4. The van der Waals surface area contributed by atoms with E-state index in [9.17, 15) is 9.90 Å². The summed E-state index contributed by atoms with van der Waals surface area (Å²) in [4.78, 5) is 11.5. The Kier molecular flexibility index (Phi) is 7.94. The van der Waals surface area contributed by atoms with Gasteiger partial charge in [-0.15, -0.1) is 5.76 Å². The van der Waals surface area contributed by atoms with Crippen molar-refractivity contribution in [3.8, 4) is 11.5 Å². The van der Waals surface area contributed by atoms with Crippen molar-refractivity contribution in [1.29, 1.82) is 0 Å². The smallest absolute Gasteiger partial charge is 0.875 e. The van der Waals surface area contributed by atoms with Crippen LogP contribution >= 0.6 is 11.6 Å². The van der Waals surface area contributed by atoms with E-state index >= 15 is 0 Å². The van der Waals surface area contributed by atoms with Gasteiger partial charge in [0.05, 0.1) is 24.9 Å². The number of nitrogens with one attached hydrogen (secondary N) is 1. The Labute approximate surface area is 138 Å². The van der Waals surface area contributed by atoms with Gasteiger partial charge in [-0.05, 0) is 6.08 Å². The third kappa shape index (κ3) is 5.32. The third-order valence-electron chi connectivity index (χ3n) is 2.07. The van der Waals surface area contributed by atoms with Crippen LogP contribution in [0.5, 0.6) is 11.5 Å². The minimum atomic E-state index is -0.537. The number of halogens is 1. The molecule has 0 saturated carbocycles. The molecule has 0 spiro atoms. The van der Waals surface area contributed by atoms with E-state index in [1.807, 2.05) is 0 Å². The van der Waals surface area contributed by atoms with Crippen LogP contribution in [-0.4, -0.2) is 20.1 Å². The van der Waals surface area contributed by atoms with E-state index in [0.29, 0.717) is 22.2 Å². The van der Waals surface area contributed by atoms with Crippen LogP contribution in [0.25, 0.3) is 0 Å². The van der Waals surface area contributed by atoms with Crippen LogP contribution in [0.15, 0.2) is 24.0 Å². The Balaban J connectivity index is 0.00000324. The molecule has 7 heteroatoms. The summed E-state index contributed by atoms with van der Waals surface area (Å²) in [5.74, 6) is -0.0979. The first-order chi connectivity index (χ1) is 8.47. The molecule has 1 N–H and O–H groups in total. The normalized spacial score (nSPS) is 10.4. The number of hydrogen-bond acceptors (Lipinski definition) is 4. The van der Waals surface area contributed by atoms with Crippen LogP contribution in [0.2, 0.25) is 5.02 Å². The molecule has 98 valence electrons. The maximum Gasteiger partial charge on any atom is 1.00 e. The van der Waals surface area contributed by atoms with Gasteiger partial charge in [0, 0.05) is 12.1 Å². The Morgan fingerprint density at radius 3 is 2.37 bits per heavy atom. The second-order valence-corrected chi connectivity index (χ2v) is 3.84. The minimum Gasteiger partial charge on any atom is -0.875 e. The summed E-state index contributed by atoms with van der Waals surface area (Å²) in [6.07, 6.45) is 0.945. The van der Waals surface area contributed by atoms with Gasteiger partial charge in [-0.25, -0.2) is 0 Å². The first-order valence-electron chi connectivity index (χ1n) is 5.05. The van der Waals surface area contributed by atoms with E-state index in [-0.39, 0.29) is 35.3 Å². The van der Waals surface area contributed by atoms with Gasteiger partial charge in [0.1, 0.15) is 11.5 Å². The molecular formula is C12H13ClNNaO4. The molecule has 0 atom stereocenters. The quantitative estimate of drug-likeness (QED) is 0.419. The van der Waals surface area contributed by atoms with Crippen LogP contribution in [0, 0.1) is 0 Å². The van der Waals surface area contributed by atoms with E-state index in [4.69, 9.17) is 21.1 Å². The van der Waals surface area contributed by atoms with Gasteiger partial charge in [0.15, 0.2) is 0 Å². The molecule has 0 aromatic heterocycles. The topological polar surface area (TPSA) is 70.6 Å². The Morgan fingerprint density at radius 2 is 1.89 bits per heavy atom. The van der Waals surface area contributed by atoms with E-state index in [1.165, 1.54) is 33.3 Å². The summed E-state index contributed by atoms with van der Waals surface area (Å²) < 4.78 is 10.1. The number of ether oxygens (including phenoxy) is 2. The summed E-state index contributed by atoms with van der Waals surface area (Å²) in [5.41, 5.74) is 0.376. The molecule has 19 heavy (non-hydrogen) atoms. The van der Waals surface area contributed by atoms with E-state index in [0.717, 1.165) is 6.08 Å². The summed E-state index contributed by atoms with van der Waals surface area (Å²) in [6, 6.07) is 3.04. The second kappa shape index (κ2) is 8.32. The fraction of sp³-hybridized carbons (Fsp3) is 0.250. The van der Waals surface area contributed by atoms with Crippen molar-refractivity contribution in [2.75, 3.05) is 19.5 Å². The fourth-order valence-corrected chi connectivity index (χ4v) is 1.54. The molecule has 1 aromatic carbocycles. The summed E-state index contributed by atoms with van der Waals surface area (Å²) in [7, 11) is 2.91. The van der Waals surface area contributed by atoms with Crippen molar-refractivity contribution in [3.05, 3.63) is 29.0 Å². The molecule has 0 unspecified atom stereocenters. The van der Waals surface area contributed by atoms with Gasteiger partial charge in [-0.1, -0.05) is 18.5 Å². The maximum absolute atomic E-state index is 11.5. The summed E-state index contributed by atoms with van der Waals surface area (Å²) >= 11 is 5.92. The number of carbonyl (C=O) groups is 1. The first kappa shape index (κ1) is 18.1. The zero-order chi connectivity index (χ0) is 13.7. The molecule has 0 aliphatic carbocycles. The van der Waals surface area contributed by atoms with Gasteiger partial charge in [-0.3, -0.25) is 4.79 Å². The molecule has 0 heterocycles. The van der Waals surface area contributed by atoms with Gasteiger partial charge >= 0.3 is 29.6 Å². The number of carbonyl (C=O) groups excluding carboxylic acids is 1. The van der Waals surface area contributed by atoms with Crippen molar-refractivity contribution in [1.82, 2.24) is 0 Å². The van der Waals surface area contributed by atoms with Crippen LogP contribution in [-0.2, 0) is 4.79 Å². The minimum absolute atomic E-state index is 0. The molecule has 0 saturated heterocycles. The van der Waals surface area contributed by atoms with Gasteiger partial charge in [-0.2, -0.15) is 0 Å². The fourth-order valence-electron chi connectivity index (χ4n) is 1.31. The molecule has 1 amide bonds. The molecule has 1 aromatic rings. The monoisotopic (exact) mass is 293 g/mol. The molecule has 0 bridgehead atoms. The SMILES string of the molecule is COc1cc(NC(=O)/C=C(/C)[O-])c(OC)cc1Cl.[Na+]. The second-order valence-electron chi connectivity index (χ2n) is 3.43. The van der Waals surface area contributed by atoms with Crippen molar-refractivity contribution in [3.63, 3.8) is 0 Å². The summed E-state index contributed by atoms with van der Waals surface area (Å²) in [6.45, 7) is 1.29. The van der Waals surface area contributed by atoms with Crippen LogP contribution < -0.4 is 49.5 Å². The molecule has 0 aliphatic rings. The molecule has 5 nitrogen and oxygen atoms in total. The van der Waals surface area contributed by atoms with Crippen molar-refractivity contribution in [2.24, 2.45) is 0 Å². The van der Waals surface area contributed by atoms with Crippen molar-refractivity contribution in [2.45, 2.75) is 6.92 Å². The molecule has 0 radical (unpaired) electrons. The Bertz CT molecular complexity index is 487. The third-order valence-corrected chi connectivity index (χ3v) is 2.36. The largest absolute Gasteiger partial charge is 1.00 e. The number of amides is 1. The van der Waals surface area contributed by atoms with Gasteiger partial charge < -0.3 is 19.9 Å². The number of benzene rings is 1. The number of anilines is 1. The molecular weight excluding hydrogens is 281 g/mol. The van der Waals surface area contributed by atoms with E-state index in [1.54, 1.807) is 0 Å². The van der Waals surface area contributed by atoms with E-state index < -0.39 is 5.91 Å². The predicted octanol–water partition coefficient (Wildman–Crippen LogP) is -1.44. The summed E-state index contributed by atoms with van der Waals surface area (Å²) in [5, 5.41) is 13.7. The average molecular weight is 294 g/mol. The van der Waals surface area contributed by atoms with Crippen molar-refractivity contribution < 1.29 is 48.9 Å². The van der Waals surface area contributed by atoms with E-state index in [2.05, 4.69) is 5.32 Å². The Morgan fingerprint density at radius 1 is 1.32 bits per heavy atom. The molecule has 0 aliphatic heterocycles. The standard InChI is InChI=1S/C12H14ClNO4.Na/c1-7(15)4-12(16)14-9-6-10(17-2)8(13)5-11(9)18-3;/h4-6,15H,1-3H3,(H,14,16);/q;+1/p-1/b7-4-;. The first-order valence-corrected chi connectivity index (χ1v) is 5.43. The molecule has 1 rings (SSSR count). The van der Waals surface area contributed by atoms with Crippen LogP contribution in [0.3, 0.4) is 0 Å².